The third kappa shape index (κ3) is 3.61. The number of benzene rings is 2. The first kappa shape index (κ1) is 17.9. The van der Waals surface area contributed by atoms with Crippen LogP contribution in [0.25, 0.3) is 16.6 Å². The largest absolute Gasteiger partial charge is 0.457 e. The first-order valence-electron chi connectivity index (χ1n) is 9.04. The predicted octanol–water partition coefficient (Wildman–Crippen LogP) is 5.73. The van der Waals surface area contributed by atoms with E-state index in [4.69, 9.17) is 4.74 Å². The zero-order chi connectivity index (χ0) is 19.8. The van der Waals surface area contributed by atoms with Crippen LogP contribution in [-0.4, -0.2) is 19.4 Å². The second kappa shape index (κ2) is 7.32. The van der Waals surface area contributed by atoms with E-state index in [1.165, 1.54) is 0 Å². The molecule has 3 aromatic heterocycles. The van der Waals surface area contributed by atoms with Gasteiger partial charge in [-0.3, -0.25) is 0 Å². The van der Waals surface area contributed by atoms with Gasteiger partial charge < -0.3 is 14.5 Å². The van der Waals surface area contributed by atoms with Crippen molar-refractivity contribution in [1.29, 1.82) is 0 Å². The SMILES string of the molecule is Cc1cc(Nc2ncnc3ccc(I)cc23)ccc1Oc1ccn2ccnc2c1. The van der Waals surface area contributed by atoms with E-state index < -0.39 is 0 Å². The Morgan fingerprint density at radius 3 is 2.79 bits per heavy atom. The van der Waals surface area contributed by atoms with Gasteiger partial charge in [-0.25, -0.2) is 15.0 Å². The van der Waals surface area contributed by atoms with Gasteiger partial charge >= 0.3 is 0 Å². The Labute approximate surface area is 180 Å². The molecule has 5 aromatic rings. The molecule has 0 aliphatic rings. The Morgan fingerprint density at radius 2 is 1.90 bits per heavy atom. The highest BCUT2D eigenvalue weighted by Gasteiger charge is 2.08. The lowest BCUT2D eigenvalue weighted by Gasteiger charge is -2.12. The highest BCUT2D eigenvalue weighted by atomic mass is 127. The van der Waals surface area contributed by atoms with Crippen LogP contribution < -0.4 is 10.1 Å². The van der Waals surface area contributed by atoms with Gasteiger partial charge in [0.15, 0.2) is 0 Å². The van der Waals surface area contributed by atoms with Crippen LogP contribution in [0.5, 0.6) is 11.5 Å². The molecule has 2 aromatic carbocycles. The van der Waals surface area contributed by atoms with E-state index in [1.54, 1.807) is 12.5 Å². The van der Waals surface area contributed by atoms with Crippen LogP contribution in [0, 0.1) is 10.5 Å². The van der Waals surface area contributed by atoms with Gasteiger partial charge in [0.05, 0.1) is 5.52 Å². The van der Waals surface area contributed by atoms with Crippen LogP contribution in [-0.2, 0) is 0 Å². The maximum absolute atomic E-state index is 6.07. The summed E-state index contributed by atoms with van der Waals surface area (Å²) >= 11 is 2.29. The van der Waals surface area contributed by atoms with E-state index in [2.05, 4.69) is 48.9 Å². The van der Waals surface area contributed by atoms with Crippen LogP contribution in [0.4, 0.5) is 11.5 Å². The second-order valence-electron chi connectivity index (χ2n) is 6.65. The van der Waals surface area contributed by atoms with Gasteiger partial charge in [-0.2, -0.15) is 0 Å². The van der Waals surface area contributed by atoms with Crippen molar-refractivity contribution >= 4 is 50.6 Å². The molecule has 29 heavy (non-hydrogen) atoms. The molecule has 0 aliphatic carbocycles. The molecule has 142 valence electrons. The maximum Gasteiger partial charge on any atom is 0.141 e. The lowest BCUT2D eigenvalue weighted by molar-refractivity contribution is 0.478. The number of rotatable bonds is 4. The van der Waals surface area contributed by atoms with Crippen molar-refractivity contribution in [2.75, 3.05) is 5.32 Å². The van der Waals surface area contributed by atoms with Gasteiger partial charge in [-0.05, 0) is 77.5 Å². The molecular formula is C22H16IN5O. The molecule has 0 bridgehead atoms. The lowest BCUT2D eigenvalue weighted by Crippen LogP contribution is -1.97. The number of halogens is 1. The topological polar surface area (TPSA) is 64.3 Å². The molecule has 7 heteroatoms. The lowest BCUT2D eigenvalue weighted by atomic mass is 10.2. The number of imidazole rings is 1. The van der Waals surface area contributed by atoms with E-state index in [1.807, 2.05) is 66.2 Å². The van der Waals surface area contributed by atoms with Crippen molar-refractivity contribution in [3.63, 3.8) is 0 Å². The molecule has 0 fully saturated rings. The van der Waals surface area contributed by atoms with E-state index in [-0.39, 0.29) is 0 Å². The van der Waals surface area contributed by atoms with Crippen LogP contribution in [0.2, 0.25) is 0 Å². The molecule has 0 saturated heterocycles. The molecule has 3 heterocycles. The van der Waals surface area contributed by atoms with Crippen LogP contribution >= 0.6 is 22.6 Å². The normalized spacial score (nSPS) is 11.1. The third-order valence-corrected chi connectivity index (χ3v) is 5.30. The predicted molar refractivity (Wildman–Crippen MR) is 122 cm³/mol. The van der Waals surface area contributed by atoms with Crippen molar-refractivity contribution in [1.82, 2.24) is 19.4 Å². The fraction of sp³-hybridized carbons (Fsp3) is 0.0455. The van der Waals surface area contributed by atoms with Gasteiger partial charge in [0.2, 0.25) is 0 Å². The van der Waals surface area contributed by atoms with Crippen LogP contribution in [0.3, 0.4) is 0 Å². The van der Waals surface area contributed by atoms with E-state index in [0.29, 0.717) is 0 Å². The number of nitrogens with zero attached hydrogens (tertiary/aromatic N) is 4. The van der Waals surface area contributed by atoms with E-state index >= 15 is 0 Å². The van der Waals surface area contributed by atoms with Gasteiger partial charge in [-0.1, -0.05) is 0 Å². The number of aromatic nitrogens is 4. The van der Waals surface area contributed by atoms with Gasteiger partial charge in [-0.15, -0.1) is 0 Å². The van der Waals surface area contributed by atoms with Crippen molar-refractivity contribution in [3.05, 3.63) is 82.6 Å². The van der Waals surface area contributed by atoms with Crippen molar-refractivity contribution < 1.29 is 4.74 Å². The van der Waals surface area contributed by atoms with Gasteiger partial charge in [0, 0.05) is 39.3 Å². The maximum atomic E-state index is 6.07. The molecule has 1 N–H and O–H groups in total. The number of ether oxygens (including phenoxy) is 1. The Kier molecular flexibility index (Phi) is 4.51. The summed E-state index contributed by atoms with van der Waals surface area (Å²) in [6.45, 7) is 2.02. The van der Waals surface area contributed by atoms with Crippen molar-refractivity contribution in [2.45, 2.75) is 6.92 Å². The number of nitrogens with one attached hydrogen (secondary N) is 1. The highest BCUT2D eigenvalue weighted by molar-refractivity contribution is 14.1. The van der Waals surface area contributed by atoms with Crippen molar-refractivity contribution in [2.24, 2.45) is 0 Å². The zero-order valence-corrected chi connectivity index (χ0v) is 17.7. The molecule has 0 unspecified atom stereocenters. The zero-order valence-electron chi connectivity index (χ0n) is 15.5. The van der Waals surface area contributed by atoms with E-state index in [9.17, 15) is 0 Å². The minimum atomic E-state index is 0.754. The Balaban J connectivity index is 1.42. The van der Waals surface area contributed by atoms with Crippen molar-refractivity contribution in [3.8, 4) is 11.5 Å². The average molecular weight is 493 g/mol. The summed E-state index contributed by atoms with van der Waals surface area (Å²) in [5, 5.41) is 4.39. The number of fused-ring (bicyclic) bond motifs is 2. The number of hydrogen-bond acceptors (Lipinski definition) is 5. The Morgan fingerprint density at radius 1 is 0.966 bits per heavy atom. The number of pyridine rings is 1. The fourth-order valence-corrected chi connectivity index (χ4v) is 3.68. The average Bonchev–Trinajstić information content (AvgIpc) is 3.18. The number of anilines is 2. The summed E-state index contributed by atoms with van der Waals surface area (Å²) in [7, 11) is 0. The summed E-state index contributed by atoms with van der Waals surface area (Å²) < 4.78 is 9.16. The van der Waals surface area contributed by atoms with Crippen LogP contribution in [0.15, 0.2) is 73.4 Å². The Hall–Kier alpha value is -3.20. The standard InChI is InChI=1S/C22H16IN5O/c1-14-10-16(27-22-18-11-15(23)2-4-19(18)25-13-26-22)3-5-20(14)29-17-6-8-28-9-7-24-21(28)12-17/h2-13H,1H3,(H,25,26,27). The molecule has 0 saturated carbocycles. The minimum absolute atomic E-state index is 0.754. The molecule has 0 spiro atoms. The molecule has 6 nitrogen and oxygen atoms in total. The molecule has 5 rings (SSSR count). The second-order valence-corrected chi connectivity index (χ2v) is 7.89. The summed E-state index contributed by atoms with van der Waals surface area (Å²) in [5.41, 5.74) is 3.72. The molecule has 0 aliphatic heterocycles. The first-order valence-corrected chi connectivity index (χ1v) is 10.1. The van der Waals surface area contributed by atoms with Gasteiger partial charge in [0.25, 0.3) is 0 Å². The molecule has 0 amide bonds. The van der Waals surface area contributed by atoms with E-state index in [0.717, 1.165) is 48.7 Å². The Bertz CT molecular complexity index is 1350. The molecular weight excluding hydrogens is 477 g/mol. The fourth-order valence-electron chi connectivity index (χ4n) is 3.19. The smallest absolute Gasteiger partial charge is 0.141 e. The number of hydrogen-bond donors (Lipinski definition) is 1. The molecule has 0 atom stereocenters. The summed E-state index contributed by atoms with van der Waals surface area (Å²) in [6.07, 6.45) is 7.18. The monoisotopic (exact) mass is 493 g/mol. The minimum Gasteiger partial charge on any atom is -0.457 e. The third-order valence-electron chi connectivity index (χ3n) is 4.63. The van der Waals surface area contributed by atoms with Gasteiger partial charge in [0.1, 0.15) is 29.3 Å². The number of aryl methyl sites for hydroxylation is 1. The molecule has 0 radical (unpaired) electrons. The summed E-state index contributed by atoms with van der Waals surface area (Å²) in [5.74, 6) is 2.34. The van der Waals surface area contributed by atoms with Crippen LogP contribution in [0.1, 0.15) is 5.56 Å². The summed E-state index contributed by atoms with van der Waals surface area (Å²) in [4.78, 5) is 13.1. The highest BCUT2D eigenvalue weighted by Crippen LogP contribution is 2.30. The quantitative estimate of drug-likeness (QED) is 0.324. The summed E-state index contributed by atoms with van der Waals surface area (Å²) in [6, 6.07) is 16.0. The first-order chi connectivity index (χ1) is 14.2.